The average Bonchev–Trinajstić information content (AvgIpc) is 3.60. The van der Waals surface area contributed by atoms with Crippen LogP contribution < -0.4 is 38.7 Å². The van der Waals surface area contributed by atoms with E-state index in [0.717, 1.165) is 33.4 Å². The molecule has 78 heavy (non-hydrogen) atoms. The minimum Gasteiger partial charge on any atom is -0.423 e. The van der Waals surface area contributed by atoms with Crippen LogP contribution in [-0.2, 0) is 0 Å². The zero-order valence-electron chi connectivity index (χ0n) is 42.4. The zero-order valence-corrected chi connectivity index (χ0v) is 45.5. The summed E-state index contributed by atoms with van der Waals surface area (Å²) in [4.78, 5) is 66.8. The van der Waals surface area contributed by atoms with Crippen molar-refractivity contribution in [3.63, 3.8) is 0 Å². The van der Waals surface area contributed by atoms with Crippen LogP contribution >= 0.6 is 39.1 Å². The Balaban J connectivity index is 0.000000173. The van der Waals surface area contributed by atoms with Gasteiger partial charge in [0, 0.05) is 51.8 Å². The van der Waals surface area contributed by atoms with Crippen molar-refractivity contribution < 1.29 is 19.6 Å². The SMILES string of the molecule is CC(=O)c1cccc(-c2cnc(N)nc2N[C@@H](C)c2cc3cccc(Cl)c3c(=O)n2-c2ccccc2)c1.CC(=O)c1cccc(B(O)O)c1.C[C@H](Nc1nc(N)ncc1Br)c1cc2cccc(Cl)c2c(=O)n1-c1ccccc1. The lowest BCUT2D eigenvalue weighted by molar-refractivity contribution is 0.100. The summed E-state index contributed by atoms with van der Waals surface area (Å²) in [7, 11) is -1.51. The quantitative estimate of drug-likeness (QED) is 0.0492. The predicted molar refractivity (Wildman–Crippen MR) is 315 cm³/mol. The minimum atomic E-state index is -1.51. The molecule has 0 saturated carbocycles. The number of Topliss-reactive ketones (excluding diaryl/α,β-unsaturated/α-hetero) is 2. The molecule has 392 valence electrons. The van der Waals surface area contributed by atoms with Gasteiger partial charge >= 0.3 is 7.12 Å². The fourth-order valence-corrected chi connectivity index (χ4v) is 9.42. The number of halogens is 3. The Hall–Kier alpha value is -8.52. The van der Waals surface area contributed by atoms with E-state index in [1.165, 1.54) is 19.9 Å². The number of rotatable bonds is 12. The summed E-state index contributed by atoms with van der Waals surface area (Å²) in [5.41, 5.74) is 17.1. The maximum absolute atomic E-state index is 13.7. The summed E-state index contributed by atoms with van der Waals surface area (Å²) in [6.07, 6.45) is 3.21. The van der Waals surface area contributed by atoms with Crippen molar-refractivity contribution in [3.8, 4) is 22.5 Å². The lowest BCUT2D eigenvalue weighted by atomic mass is 9.79. The highest BCUT2D eigenvalue weighted by molar-refractivity contribution is 9.10. The van der Waals surface area contributed by atoms with Gasteiger partial charge in [0.05, 0.1) is 37.4 Å². The number of nitrogens with two attached hydrogens (primary N) is 2. The van der Waals surface area contributed by atoms with Gasteiger partial charge in [-0.25, -0.2) is 9.97 Å². The normalized spacial score (nSPS) is 11.6. The molecule has 4 aromatic heterocycles. The van der Waals surface area contributed by atoms with E-state index in [-0.39, 0.29) is 46.7 Å². The van der Waals surface area contributed by atoms with Gasteiger partial charge in [0.25, 0.3) is 11.1 Å². The Labute approximate surface area is 466 Å². The van der Waals surface area contributed by atoms with Crippen LogP contribution in [0.2, 0.25) is 10.0 Å². The highest BCUT2D eigenvalue weighted by Crippen LogP contribution is 2.33. The molecule has 8 N–H and O–H groups in total. The van der Waals surface area contributed by atoms with Crippen LogP contribution in [0.3, 0.4) is 0 Å². The van der Waals surface area contributed by atoms with Crippen molar-refractivity contribution in [3.05, 3.63) is 228 Å². The van der Waals surface area contributed by atoms with Crippen molar-refractivity contribution in [2.45, 2.75) is 39.8 Å². The van der Waals surface area contributed by atoms with Gasteiger partial charge in [0.2, 0.25) is 11.9 Å². The average molecular weight is 1140 g/mol. The van der Waals surface area contributed by atoms with Crippen molar-refractivity contribution in [2.75, 3.05) is 22.1 Å². The van der Waals surface area contributed by atoms with Gasteiger partial charge in [-0.2, -0.15) is 9.97 Å². The summed E-state index contributed by atoms with van der Waals surface area (Å²) in [6, 6.07) is 46.5. The van der Waals surface area contributed by atoms with E-state index < -0.39 is 7.12 Å². The third kappa shape index (κ3) is 12.7. The number of para-hydroxylation sites is 2. The van der Waals surface area contributed by atoms with Gasteiger partial charge in [-0.15, -0.1) is 0 Å². The monoisotopic (exact) mass is 1140 g/mol. The third-order valence-corrected chi connectivity index (χ3v) is 13.6. The minimum absolute atomic E-state index is 0.0391. The first kappa shape index (κ1) is 55.7. The van der Waals surface area contributed by atoms with Gasteiger partial charge < -0.3 is 32.1 Å². The Morgan fingerprint density at radius 1 is 0.590 bits per heavy atom. The molecule has 20 heteroatoms. The van der Waals surface area contributed by atoms with E-state index in [4.69, 9.17) is 44.7 Å². The number of benzene rings is 6. The fraction of sp³-hybridized carbons (Fsp3) is 0.103. The Bertz CT molecular complexity index is 3980. The molecular weight excluding hydrogens is 1090 g/mol. The van der Waals surface area contributed by atoms with Crippen LogP contribution in [0.5, 0.6) is 0 Å². The van der Waals surface area contributed by atoms with Crippen LogP contribution in [0, 0.1) is 0 Å². The van der Waals surface area contributed by atoms with E-state index >= 15 is 0 Å². The molecule has 0 spiro atoms. The molecule has 0 saturated heterocycles. The van der Waals surface area contributed by atoms with E-state index in [9.17, 15) is 19.2 Å². The predicted octanol–water partition coefficient (Wildman–Crippen LogP) is 10.6. The van der Waals surface area contributed by atoms with Crippen molar-refractivity contribution in [2.24, 2.45) is 0 Å². The molecule has 2 atom stereocenters. The molecule has 6 aromatic carbocycles. The molecule has 0 bridgehead atoms. The van der Waals surface area contributed by atoms with Crippen molar-refractivity contribution >= 4 is 108 Å². The number of hydrogen-bond donors (Lipinski definition) is 6. The topological polar surface area (TPSA) is 246 Å². The largest absolute Gasteiger partial charge is 0.488 e. The second-order valence-corrected chi connectivity index (χ2v) is 19.5. The van der Waals surface area contributed by atoms with Crippen LogP contribution in [0.25, 0.3) is 44.0 Å². The van der Waals surface area contributed by atoms with E-state index in [1.54, 1.807) is 64.0 Å². The number of fused-ring (bicyclic) bond motifs is 2. The number of nitrogens with one attached hydrogen (secondary N) is 2. The van der Waals surface area contributed by atoms with Crippen LogP contribution in [-0.4, -0.2) is 57.8 Å². The van der Waals surface area contributed by atoms with E-state index in [2.05, 4.69) is 46.5 Å². The lowest BCUT2D eigenvalue weighted by Gasteiger charge is -2.23. The zero-order chi connectivity index (χ0) is 55.8. The summed E-state index contributed by atoms with van der Waals surface area (Å²) >= 11 is 16.2. The smallest absolute Gasteiger partial charge is 0.423 e. The number of nitrogens with zero attached hydrogens (tertiary/aromatic N) is 6. The lowest BCUT2D eigenvalue weighted by Crippen LogP contribution is -2.30. The molecule has 4 heterocycles. The number of nitrogen functional groups attached to an aromatic ring is 2. The summed E-state index contributed by atoms with van der Waals surface area (Å²) in [5.74, 6) is 1.17. The Kier molecular flexibility index (Phi) is 17.6. The maximum atomic E-state index is 13.7. The molecule has 0 aliphatic heterocycles. The third-order valence-electron chi connectivity index (χ3n) is 12.4. The molecule has 0 unspecified atom stereocenters. The summed E-state index contributed by atoms with van der Waals surface area (Å²) < 4.78 is 4.01. The highest BCUT2D eigenvalue weighted by Gasteiger charge is 2.22. The molecule has 10 rings (SSSR count). The molecule has 0 aliphatic rings. The number of hydrogen-bond acceptors (Lipinski definition) is 14. The maximum Gasteiger partial charge on any atom is 0.488 e. The molecule has 0 amide bonds. The summed E-state index contributed by atoms with van der Waals surface area (Å²) in [5, 5.41) is 27.6. The van der Waals surface area contributed by atoms with Crippen LogP contribution in [0.1, 0.15) is 71.9 Å². The van der Waals surface area contributed by atoms with Crippen molar-refractivity contribution in [1.29, 1.82) is 0 Å². The second kappa shape index (κ2) is 24.7. The Morgan fingerprint density at radius 3 is 1.54 bits per heavy atom. The summed E-state index contributed by atoms with van der Waals surface area (Å²) in [6.45, 7) is 6.85. The Morgan fingerprint density at radius 2 is 1.04 bits per heavy atom. The number of aromatic nitrogens is 6. The van der Waals surface area contributed by atoms with E-state index in [0.29, 0.717) is 64.8 Å². The van der Waals surface area contributed by atoms with Gasteiger partial charge in [-0.3, -0.25) is 28.3 Å². The van der Waals surface area contributed by atoms with E-state index in [1.807, 2.05) is 123 Å². The molecular formula is C58H50BBrCl2N10O6. The fourth-order valence-electron chi connectivity index (χ4n) is 8.58. The number of carbonyl (C=O) groups excluding carboxylic acids is 2. The first-order valence-electron chi connectivity index (χ1n) is 24.2. The van der Waals surface area contributed by atoms with Gasteiger partial charge in [0.1, 0.15) is 11.6 Å². The number of anilines is 4. The molecule has 0 aliphatic carbocycles. The molecule has 16 nitrogen and oxygen atoms in total. The first-order valence-corrected chi connectivity index (χ1v) is 25.8. The van der Waals surface area contributed by atoms with Crippen molar-refractivity contribution in [1.82, 2.24) is 29.1 Å². The second-order valence-electron chi connectivity index (χ2n) is 17.8. The number of ketones is 2. The van der Waals surface area contributed by atoms with Gasteiger partial charge in [0.15, 0.2) is 11.6 Å². The first-order chi connectivity index (χ1) is 37.4. The number of carbonyl (C=O) groups is 2. The van der Waals surface area contributed by atoms with Gasteiger partial charge in [-0.1, -0.05) is 126 Å². The van der Waals surface area contributed by atoms with Crippen LogP contribution in [0.15, 0.2) is 184 Å². The number of pyridine rings is 2. The molecule has 0 radical (unpaired) electrons. The van der Waals surface area contributed by atoms with Crippen LogP contribution in [0.4, 0.5) is 23.5 Å². The van der Waals surface area contributed by atoms with Gasteiger partial charge in [-0.05, 0) is 120 Å². The molecule has 10 aromatic rings. The molecule has 0 fully saturated rings. The standard InChI is InChI=1S/C29H24ClN5O2.C21H17BrClN5O.C8H9BO3/c1-17(33-27-23(16-32-29(31)34-27)20-9-6-8-19(14-20)18(2)36)25-15-21-10-7-13-24(30)26(21)28(37)35(25)22-11-4-3-5-12-22;1-12(26-19-15(22)11-25-21(24)27-19)17-10-13-6-5-9-16(23)18(13)20(29)28(17)14-7-3-2-4-8-14;1-6(10)7-3-2-4-8(5-7)9(11)12/h3-17H,1-2H3,(H3,31,32,33,34);2-12H,1H3,(H3,24,25,26,27);2-5,11-12H,1H3/t17-;12-;/m00./s1. The highest BCUT2D eigenvalue weighted by atomic mass is 79.9.